The van der Waals surface area contributed by atoms with Crippen LogP contribution < -0.4 is 14.8 Å². The van der Waals surface area contributed by atoms with Gasteiger partial charge in [0.1, 0.15) is 22.0 Å². The Bertz CT molecular complexity index is 1010. The molecule has 0 radical (unpaired) electrons. The number of methoxy groups -OCH3 is 3. The van der Waals surface area contributed by atoms with Crippen LogP contribution in [-0.4, -0.2) is 32.3 Å². The maximum absolute atomic E-state index is 12.4. The number of carbonyl (C=O) groups is 1. The fourth-order valence-corrected chi connectivity index (χ4v) is 5.63. The maximum Gasteiger partial charge on any atom is 0.341 e. The number of hydrogen-bond acceptors (Lipinski definition) is 8. The Balaban J connectivity index is 1.76. The smallest absolute Gasteiger partial charge is 0.341 e. The van der Waals surface area contributed by atoms with Crippen molar-refractivity contribution in [1.82, 2.24) is 4.98 Å². The highest BCUT2D eigenvalue weighted by Gasteiger charge is 2.26. The first-order chi connectivity index (χ1) is 13.1. The van der Waals surface area contributed by atoms with Gasteiger partial charge in [0.15, 0.2) is 5.13 Å². The molecule has 1 aromatic carbocycles. The number of nitrogens with one attached hydrogen (secondary N) is 1. The van der Waals surface area contributed by atoms with Crippen LogP contribution in [0.3, 0.4) is 0 Å². The number of aryl methyl sites for hydroxylation is 1. The number of rotatable bonds is 5. The monoisotopic (exact) mass is 404 g/mol. The van der Waals surface area contributed by atoms with Crippen LogP contribution in [0.4, 0.5) is 10.1 Å². The fraction of sp³-hybridized carbons (Fsp3) is 0.368. The lowest BCUT2D eigenvalue weighted by Crippen LogP contribution is -2.09. The molecule has 8 heteroatoms. The summed E-state index contributed by atoms with van der Waals surface area (Å²) in [5, 5.41) is 4.86. The summed E-state index contributed by atoms with van der Waals surface area (Å²) in [5.41, 5.74) is 2.55. The topological polar surface area (TPSA) is 69.7 Å². The summed E-state index contributed by atoms with van der Waals surface area (Å²) in [6, 6.07) is 3.75. The molecule has 1 aliphatic carbocycles. The number of benzene rings is 1. The van der Waals surface area contributed by atoms with Crippen molar-refractivity contribution in [2.45, 2.75) is 25.7 Å². The number of carbonyl (C=O) groups excluding carboxylic acids is 1. The molecule has 2 aromatic heterocycles. The first kappa shape index (κ1) is 18.1. The van der Waals surface area contributed by atoms with Crippen molar-refractivity contribution in [2.75, 3.05) is 26.6 Å². The van der Waals surface area contributed by atoms with Crippen LogP contribution in [0, 0.1) is 0 Å². The third kappa shape index (κ3) is 3.23. The van der Waals surface area contributed by atoms with Crippen molar-refractivity contribution in [1.29, 1.82) is 0 Å². The lowest BCUT2D eigenvalue weighted by atomic mass is 9.95. The number of anilines is 2. The molecule has 0 amide bonds. The normalized spacial score (nSPS) is 13.3. The number of esters is 1. The summed E-state index contributed by atoms with van der Waals surface area (Å²) in [6.07, 6.45) is 4.19. The Kier molecular flexibility index (Phi) is 4.92. The molecule has 27 heavy (non-hydrogen) atoms. The average Bonchev–Trinajstić information content (AvgIpc) is 3.26. The summed E-state index contributed by atoms with van der Waals surface area (Å²) in [6.45, 7) is 0. The van der Waals surface area contributed by atoms with Gasteiger partial charge in [0.25, 0.3) is 0 Å². The van der Waals surface area contributed by atoms with E-state index in [9.17, 15) is 4.79 Å². The van der Waals surface area contributed by atoms with Gasteiger partial charge in [-0.15, -0.1) is 11.3 Å². The van der Waals surface area contributed by atoms with E-state index in [0.717, 1.165) is 52.2 Å². The summed E-state index contributed by atoms with van der Waals surface area (Å²) in [4.78, 5) is 18.3. The second kappa shape index (κ2) is 7.36. The van der Waals surface area contributed by atoms with E-state index in [0.29, 0.717) is 16.4 Å². The molecule has 0 atom stereocenters. The third-order valence-electron chi connectivity index (χ3n) is 4.67. The molecule has 3 aromatic rings. The maximum atomic E-state index is 12.4. The first-order valence-electron chi connectivity index (χ1n) is 8.67. The highest BCUT2D eigenvalue weighted by Crippen LogP contribution is 2.42. The van der Waals surface area contributed by atoms with Gasteiger partial charge in [0.2, 0.25) is 0 Å². The van der Waals surface area contributed by atoms with Gasteiger partial charge in [-0.1, -0.05) is 11.3 Å². The van der Waals surface area contributed by atoms with E-state index in [4.69, 9.17) is 14.2 Å². The summed E-state index contributed by atoms with van der Waals surface area (Å²) in [7, 11) is 4.66. The van der Waals surface area contributed by atoms with Crippen LogP contribution in [0.25, 0.3) is 10.2 Å². The van der Waals surface area contributed by atoms with Crippen molar-refractivity contribution in [3.8, 4) is 11.5 Å². The number of thiophene rings is 1. The molecular formula is C19H20N2O4S2. The van der Waals surface area contributed by atoms with Crippen LogP contribution in [-0.2, 0) is 17.6 Å². The minimum Gasteiger partial charge on any atom is -0.497 e. The van der Waals surface area contributed by atoms with Gasteiger partial charge in [-0.3, -0.25) is 0 Å². The van der Waals surface area contributed by atoms with Crippen LogP contribution >= 0.6 is 22.7 Å². The fourth-order valence-electron chi connectivity index (χ4n) is 3.37. The van der Waals surface area contributed by atoms with Gasteiger partial charge in [-0.05, 0) is 37.3 Å². The van der Waals surface area contributed by atoms with Crippen molar-refractivity contribution >= 4 is 49.0 Å². The summed E-state index contributed by atoms with van der Waals surface area (Å²) < 4.78 is 16.8. The number of hydrogen-bond donors (Lipinski definition) is 1. The number of aromatic nitrogens is 1. The van der Waals surface area contributed by atoms with Crippen molar-refractivity contribution in [2.24, 2.45) is 0 Å². The summed E-state index contributed by atoms with van der Waals surface area (Å²) >= 11 is 3.12. The average molecular weight is 405 g/mol. The highest BCUT2D eigenvalue weighted by molar-refractivity contribution is 7.23. The Labute approximate surface area is 165 Å². The molecular weight excluding hydrogens is 384 g/mol. The zero-order chi connectivity index (χ0) is 19.0. The predicted molar refractivity (Wildman–Crippen MR) is 108 cm³/mol. The van der Waals surface area contributed by atoms with Gasteiger partial charge in [-0.2, -0.15) is 0 Å². The largest absolute Gasteiger partial charge is 0.497 e. The van der Waals surface area contributed by atoms with Crippen LogP contribution in [0.2, 0.25) is 0 Å². The SMILES string of the molecule is COC(=O)c1c(Nc2nc3c(OC)cc(OC)cc3s2)sc2c1CCCC2. The number of nitrogens with zero attached hydrogens (tertiary/aromatic N) is 1. The van der Waals surface area contributed by atoms with E-state index in [1.165, 1.54) is 23.3 Å². The minimum atomic E-state index is -0.294. The molecule has 0 fully saturated rings. The third-order valence-corrected chi connectivity index (χ3v) is 6.80. The molecule has 1 aliphatic rings. The van der Waals surface area contributed by atoms with Gasteiger partial charge < -0.3 is 19.5 Å². The minimum absolute atomic E-state index is 0.294. The van der Waals surface area contributed by atoms with E-state index >= 15 is 0 Å². The lowest BCUT2D eigenvalue weighted by Gasteiger charge is -2.11. The molecule has 4 rings (SSSR count). The van der Waals surface area contributed by atoms with Crippen LogP contribution in [0.5, 0.6) is 11.5 Å². The van der Waals surface area contributed by atoms with Crippen molar-refractivity contribution in [3.63, 3.8) is 0 Å². The highest BCUT2D eigenvalue weighted by atomic mass is 32.1. The molecule has 6 nitrogen and oxygen atoms in total. The number of fused-ring (bicyclic) bond motifs is 2. The Morgan fingerprint density at radius 3 is 2.67 bits per heavy atom. The molecule has 0 saturated carbocycles. The van der Waals surface area contributed by atoms with Gasteiger partial charge in [-0.25, -0.2) is 9.78 Å². The van der Waals surface area contributed by atoms with E-state index < -0.39 is 0 Å². The Morgan fingerprint density at radius 2 is 1.93 bits per heavy atom. The Hall–Kier alpha value is -2.32. The first-order valence-corrected chi connectivity index (χ1v) is 10.3. The quantitative estimate of drug-likeness (QED) is 0.617. The molecule has 0 aliphatic heterocycles. The molecule has 0 bridgehead atoms. The second-order valence-corrected chi connectivity index (χ2v) is 8.36. The zero-order valence-corrected chi connectivity index (χ0v) is 17.0. The number of thiazole rings is 1. The second-order valence-electron chi connectivity index (χ2n) is 6.23. The molecule has 1 N–H and O–H groups in total. The van der Waals surface area contributed by atoms with E-state index in [2.05, 4.69) is 10.3 Å². The van der Waals surface area contributed by atoms with E-state index in [1.807, 2.05) is 12.1 Å². The van der Waals surface area contributed by atoms with Gasteiger partial charge >= 0.3 is 5.97 Å². The van der Waals surface area contributed by atoms with E-state index in [-0.39, 0.29) is 5.97 Å². The predicted octanol–water partition coefficient (Wildman–Crippen LogP) is 4.78. The molecule has 0 saturated heterocycles. The molecule has 0 unspecified atom stereocenters. The summed E-state index contributed by atoms with van der Waals surface area (Å²) in [5.74, 6) is 1.08. The molecule has 142 valence electrons. The standard InChI is InChI=1S/C19H20N2O4S2/c1-23-10-8-12(24-2)16-14(9-10)27-19(20-16)21-17-15(18(22)25-3)11-6-4-5-7-13(11)26-17/h8-9H,4-7H2,1-3H3,(H,20,21). The van der Waals surface area contributed by atoms with Gasteiger partial charge in [0.05, 0.1) is 31.6 Å². The van der Waals surface area contributed by atoms with E-state index in [1.54, 1.807) is 25.6 Å². The zero-order valence-electron chi connectivity index (χ0n) is 15.4. The van der Waals surface area contributed by atoms with Crippen molar-refractivity contribution < 1.29 is 19.0 Å². The lowest BCUT2D eigenvalue weighted by molar-refractivity contribution is 0.0601. The molecule has 0 spiro atoms. The van der Waals surface area contributed by atoms with Crippen LogP contribution in [0.1, 0.15) is 33.6 Å². The van der Waals surface area contributed by atoms with Crippen LogP contribution in [0.15, 0.2) is 12.1 Å². The van der Waals surface area contributed by atoms with Gasteiger partial charge in [0, 0.05) is 10.9 Å². The number of ether oxygens (including phenoxy) is 3. The molecule has 2 heterocycles. The van der Waals surface area contributed by atoms with Crippen molar-refractivity contribution in [3.05, 3.63) is 28.1 Å². The Morgan fingerprint density at radius 1 is 1.11 bits per heavy atom.